The molecule has 2 rings (SSSR count). The van der Waals surface area contributed by atoms with Crippen molar-refractivity contribution in [2.45, 2.75) is 43.8 Å². The van der Waals surface area contributed by atoms with Crippen molar-refractivity contribution in [2.75, 3.05) is 0 Å². The number of rotatable bonds is 4. The van der Waals surface area contributed by atoms with Crippen molar-refractivity contribution in [3.05, 3.63) is 41.5 Å². The standard InChI is InChI=1S/C15H20S/c1-2-3-6-10-15(16)11-9-13-7-4-5-8-14(13)12-15/h4-5,7-9,11,16H,2-3,6,10,12H2,1H3. The van der Waals surface area contributed by atoms with E-state index in [0.717, 1.165) is 6.42 Å². The van der Waals surface area contributed by atoms with Gasteiger partial charge in [-0.15, -0.1) is 0 Å². The molecule has 0 nitrogen and oxygen atoms in total. The minimum absolute atomic E-state index is 0.0868. The van der Waals surface area contributed by atoms with Crippen LogP contribution in [0, 0.1) is 0 Å². The van der Waals surface area contributed by atoms with E-state index in [0.29, 0.717) is 0 Å². The molecule has 0 fully saturated rings. The van der Waals surface area contributed by atoms with Crippen LogP contribution in [0.2, 0.25) is 0 Å². The third-order valence-electron chi connectivity index (χ3n) is 3.34. The van der Waals surface area contributed by atoms with E-state index < -0.39 is 0 Å². The summed E-state index contributed by atoms with van der Waals surface area (Å²) in [6.45, 7) is 2.25. The Hall–Kier alpha value is -0.690. The van der Waals surface area contributed by atoms with Crippen molar-refractivity contribution in [1.82, 2.24) is 0 Å². The normalized spacial score (nSPS) is 23.1. The number of hydrogen-bond donors (Lipinski definition) is 1. The molecule has 0 amide bonds. The Balaban J connectivity index is 2.06. The number of fused-ring (bicyclic) bond motifs is 1. The molecule has 0 bridgehead atoms. The molecule has 1 aromatic rings. The summed E-state index contributed by atoms with van der Waals surface area (Å²) in [6, 6.07) is 8.64. The quantitative estimate of drug-likeness (QED) is 0.573. The molecule has 16 heavy (non-hydrogen) atoms. The molecule has 1 heteroatoms. The highest BCUT2D eigenvalue weighted by Crippen LogP contribution is 2.34. The largest absolute Gasteiger partial charge is 0.168 e. The Morgan fingerprint density at radius 1 is 1.25 bits per heavy atom. The molecular formula is C15H20S. The molecule has 0 radical (unpaired) electrons. The molecule has 0 aliphatic heterocycles. The Bertz CT molecular complexity index is 381. The second-order valence-corrected chi connectivity index (χ2v) is 5.66. The van der Waals surface area contributed by atoms with Crippen molar-refractivity contribution >= 4 is 18.7 Å². The van der Waals surface area contributed by atoms with Gasteiger partial charge < -0.3 is 0 Å². The average molecular weight is 232 g/mol. The summed E-state index contributed by atoms with van der Waals surface area (Å²) in [5.74, 6) is 0. The highest BCUT2D eigenvalue weighted by molar-refractivity contribution is 7.82. The highest BCUT2D eigenvalue weighted by atomic mass is 32.1. The van der Waals surface area contributed by atoms with E-state index in [4.69, 9.17) is 12.6 Å². The topological polar surface area (TPSA) is 0 Å². The van der Waals surface area contributed by atoms with Crippen LogP contribution in [0.4, 0.5) is 0 Å². The Labute approximate surface area is 104 Å². The molecule has 1 aliphatic rings. The molecule has 0 heterocycles. The maximum atomic E-state index is 4.86. The van der Waals surface area contributed by atoms with Crippen LogP contribution in [0.15, 0.2) is 30.3 Å². The summed E-state index contributed by atoms with van der Waals surface area (Å²) in [4.78, 5) is 0. The van der Waals surface area contributed by atoms with Gasteiger partial charge in [-0.3, -0.25) is 0 Å². The van der Waals surface area contributed by atoms with E-state index in [2.05, 4.69) is 43.3 Å². The fraction of sp³-hybridized carbons (Fsp3) is 0.467. The predicted octanol–water partition coefficient (Wildman–Crippen LogP) is 4.50. The van der Waals surface area contributed by atoms with Gasteiger partial charge in [-0.05, 0) is 24.0 Å². The van der Waals surface area contributed by atoms with Crippen LogP contribution in [0.3, 0.4) is 0 Å². The van der Waals surface area contributed by atoms with E-state index in [9.17, 15) is 0 Å². The maximum Gasteiger partial charge on any atom is 0.0352 e. The second kappa shape index (κ2) is 5.09. The van der Waals surface area contributed by atoms with Crippen LogP contribution in [-0.2, 0) is 6.42 Å². The number of benzene rings is 1. The molecule has 0 N–H and O–H groups in total. The van der Waals surface area contributed by atoms with Gasteiger partial charge in [-0.2, -0.15) is 12.6 Å². The first-order valence-corrected chi connectivity index (χ1v) is 6.68. The van der Waals surface area contributed by atoms with E-state index in [1.165, 1.54) is 36.8 Å². The molecule has 0 saturated heterocycles. The minimum atomic E-state index is 0.0868. The van der Waals surface area contributed by atoms with Gasteiger partial charge in [-0.1, -0.05) is 62.6 Å². The van der Waals surface area contributed by atoms with Crippen LogP contribution in [0.5, 0.6) is 0 Å². The first-order chi connectivity index (χ1) is 7.73. The second-order valence-electron chi connectivity index (χ2n) is 4.77. The Morgan fingerprint density at radius 2 is 2.06 bits per heavy atom. The van der Waals surface area contributed by atoms with Crippen molar-refractivity contribution in [3.8, 4) is 0 Å². The highest BCUT2D eigenvalue weighted by Gasteiger charge is 2.25. The molecule has 1 unspecified atom stereocenters. The van der Waals surface area contributed by atoms with Gasteiger partial charge in [0.15, 0.2) is 0 Å². The molecule has 0 spiro atoms. The predicted molar refractivity (Wildman–Crippen MR) is 75.0 cm³/mol. The third-order valence-corrected chi connectivity index (χ3v) is 3.87. The van der Waals surface area contributed by atoms with Gasteiger partial charge >= 0.3 is 0 Å². The molecule has 0 aromatic heterocycles. The fourth-order valence-electron chi connectivity index (χ4n) is 2.34. The molecule has 1 atom stereocenters. The SMILES string of the molecule is CCCCCC1(S)C=Cc2ccccc2C1. The number of unbranched alkanes of at least 4 members (excludes halogenated alkanes) is 2. The van der Waals surface area contributed by atoms with Crippen molar-refractivity contribution in [1.29, 1.82) is 0 Å². The van der Waals surface area contributed by atoms with Crippen molar-refractivity contribution in [2.24, 2.45) is 0 Å². The van der Waals surface area contributed by atoms with Gasteiger partial charge in [0.25, 0.3) is 0 Å². The molecule has 1 aromatic carbocycles. The lowest BCUT2D eigenvalue weighted by Crippen LogP contribution is -2.24. The summed E-state index contributed by atoms with van der Waals surface area (Å²) >= 11 is 4.86. The van der Waals surface area contributed by atoms with E-state index in [1.807, 2.05) is 0 Å². The minimum Gasteiger partial charge on any atom is -0.168 e. The van der Waals surface area contributed by atoms with Crippen LogP contribution in [0.25, 0.3) is 6.08 Å². The number of thiol groups is 1. The molecule has 86 valence electrons. The van der Waals surface area contributed by atoms with Gasteiger partial charge in [0.2, 0.25) is 0 Å². The van der Waals surface area contributed by atoms with Gasteiger partial charge in [-0.25, -0.2) is 0 Å². The van der Waals surface area contributed by atoms with Crippen molar-refractivity contribution in [3.63, 3.8) is 0 Å². The zero-order valence-corrected chi connectivity index (χ0v) is 10.8. The van der Waals surface area contributed by atoms with Gasteiger partial charge in [0.1, 0.15) is 0 Å². The van der Waals surface area contributed by atoms with Crippen molar-refractivity contribution < 1.29 is 0 Å². The summed E-state index contributed by atoms with van der Waals surface area (Å²) in [5.41, 5.74) is 2.80. The Kier molecular flexibility index (Phi) is 3.75. The van der Waals surface area contributed by atoms with Crippen LogP contribution in [-0.4, -0.2) is 4.75 Å². The lowest BCUT2D eigenvalue weighted by molar-refractivity contribution is 0.575. The first kappa shape index (κ1) is 11.8. The summed E-state index contributed by atoms with van der Waals surface area (Å²) < 4.78 is 0.0868. The molecular weight excluding hydrogens is 212 g/mol. The Morgan fingerprint density at radius 3 is 2.88 bits per heavy atom. The summed E-state index contributed by atoms with van der Waals surface area (Å²) in [5, 5.41) is 0. The molecule has 0 saturated carbocycles. The smallest absolute Gasteiger partial charge is 0.0352 e. The third kappa shape index (κ3) is 2.70. The van der Waals surface area contributed by atoms with Crippen LogP contribution >= 0.6 is 12.6 Å². The van der Waals surface area contributed by atoms with Crippen LogP contribution < -0.4 is 0 Å². The fourth-order valence-corrected chi connectivity index (χ4v) is 2.75. The molecule has 1 aliphatic carbocycles. The zero-order chi connectivity index (χ0) is 11.4. The zero-order valence-electron chi connectivity index (χ0n) is 9.95. The summed E-state index contributed by atoms with van der Waals surface area (Å²) in [7, 11) is 0. The van der Waals surface area contributed by atoms with E-state index in [-0.39, 0.29) is 4.75 Å². The number of hydrogen-bond acceptors (Lipinski definition) is 1. The van der Waals surface area contributed by atoms with Gasteiger partial charge in [0.05, 0.1) is 0 Å². The summed E-state index contributed by atoms with van der Waals surface area (Å²) in [6.07, 6.45) is 10.7. The van der Waals surface area contributed by atoms with Crippen LogP contribution in [0.1, 0.15) is 43.7 Å². The average Bonchev–Trinajstić information content (AvgIpc) is 2.29. The lowest BCUT2D eigenvalue weighted by atomic mass is 9.85. The van der Waals surface area contributed by atoms with Gasteiger partial charge in [0, 0.05) is 4.75 Å². The monoisotopic (exact) mass is 232 g/mol. The lowest BCUT2D eigenvalue weighted by Gasteiger charge is -2.29. The van der Waals surface area contributed by atoms with E-state index in [1.54, 1.807) is 0 Å². The first-order valence-electron chi connectivity index (χ1n) is 6.23. The maximum absolute atomic E-state index is 4.86. The van der Waals surface area contributed by atoms with E-state index >= 15 is 0 Å².